The third-order valence-electron chi connectivity index (χ3n) is 3.42. The van der Waals surface area contributed by atoms with Crippen LogP contribution in [0.3, 0.4) is 0 Å². The number of aryl methyl sites for hydroxylation is 1. The van der Waals surface area contributed by atoms with Crippen LogP contribution in [-0.4, -0.2) is 23.1 Å². The predicted octanol–water partition coefficient (Wildman–Crippen LogP) is 4.11. The summed E-state index contributed by atoms with van der Waals surface area (Å²) in [6.07, 6.45) is 0.211. The van der Waals surface area contributed by atoms with Gasteiger partial charge in [-0.15, -0.1) is 11.3 Å². The lowest BCUT2D eigenvalue weighted by Gasteiger charge is -2.05. The molecule has 5 nitrogen and oxygen atoms in total. The molecule has 0 aliphatic rings. The van der Waals surface area contributed by atoms with Crippen molar-refractivity contribution in [3.05, 3.63) is 50.4 Å². The highest BCUT2D eigenvalue weighted by molar-refractivity contribution is 7.16. The molecule has 2 heterocycles. The van der Waals surface area contributed by atoms with Crippen LogP contribution in [0.5, 0.6) is 0 Å². The molecule has 0 spiro atoms. The summed E-state index contributed by atoms with van der Waals surface area (Å²) in [4.78, 5) is 29.4. The molecule has 3 rings (SSSR count). The number of thiophene rings is 1. The Labute approximate surface area is 157 Å². The molecule has 8 heteroatoms. The number of halogens is 1. The molecular formula is C17H15ClN2O3S2. The number of rotatable bonds is 5. The molecular weight excluding hydrogens is 380 g/mol. The third-order valence-corrected chi connectivity index (χ3v) is 5.55. The minimum atomic E-state index is -0.294. The monoisotopic (exact) mass is 394 g/mol. The van der Waals surface area contributed by atoms with E-state index >= 15 is 0 Å². The first-order valence-electron chi connectivity index (χ1n) is 7.65. The normalized spacial score (nSPS) is 11.8. The number of hydrogen-bond acceptors (Lipinski definition) is 5. The second-order valence-corrected chi connectivity index (χ2v) is 7.49. The molecule has 0 N–H and O–H groups in total. The van der Waals surface area contributed by atoms with E-state index in [4.69, 9.17) is 16.3 Å². The topological polar surface area (TPSA) is 60.7 Å². The molecule has 0 saturated heterocycles. The van der Waals surface area contributed by atoms with Crippen LogP contribution in [0.2, 0.25) is 5.02 Å². The molecule has 2 aromatic heterocycles. The Kier molecular flexibility index (Phi) is 5.67. The zero-order valence-electron chi connectivity index (χ0n) is 13.4. The van der Waals surface area contributed by atoms with Crippen molar-refractivity contribution in [3.63, 3.8) is 0 Å². The van der Waals surface area contributed by atoms with Crippen LogP contribution in [0, 0.1) is 0 Å². The van der Waals surface area contributed by atoms with Gasteiger partial charge in [0.1, 0.15) is 0 Å². The quantitative estimate of drug-likeness (QED) is 0.612. The van der Waals surface area contributed by atoms with E-state index in [0.29, 0.717) is 27.9 Å². The van der Waals surface area contributed by atoms with Crippen molar-refractivity contribution in [2.24, 2.45) is 4.99 Å². The average Bonchev–Trinajstić information content (AvgIpc) is 3.20. The van der Waals surface area contributed by atoms with Gasteiger partial charge < -0.3 is 9.30 Å². The SMILES string of the molecule is CCOC(=O)CCn1c(=NC(=O)c2cccs2)sc2cc(Cl)ccc21. The second-order valence-electron chi connectivity index (χ2n) is 5.10. The van der Waals surface area contributed by atoms with E-state index < -0.39 is 0 Å². The zero-order valence-corrected chi connectivity index (χ0v) is 15.8. The highest BCUT2D eigenvalue weighted by Crippen LogP contribution is 2.22. The number of nitrogens with zero attached hydrogens (tertiary/aromatic N) is 2. The smallest absolute Gasteiger partial charge is 0.307 e. The molecule has 1 aromatic carbocycles. The molecule has 0 aliphatic carbocycles. The maximum Gasteiger partial charge on any atom is 0.307 e. The largest absolute Gasteiger partial charge is 0.466 e. The maximum absolute atomic E-state index is 12.3. The van der Waals surface area contributed by atoms with Crippen molar-refractivity contribution in [2.75, 3.05) is 6.61 Å². The van der Waals surface area contributed by atoms with Crippen molar-refractivity contribution in [3.8, 4) is 0 Å². The average molecular weight is 395 g/mol. The van der Waals surface area contributed by atoms with Crippen LogP contribution in [0.4, 0.5) is 0 Å². The molecule has 0 fully saturated rings. The number of fused-ring (bicyclic) bond motifs is 1. The van der Waals surface area contributed by atoms with Gasteiger partial charge in [0.2, 0.25) is 0 Å². The Morgan fingerprint density at radius 1 is 1.32 bits per heavy atom. The number of amides is 1. The number of ether oxygens (including phenoxy) is 1. The van der Waals surface area contributed by atoms with Gasteiger partial charge >= 0.3 is 5.97 Å². The molecule has 1 amide bonds. The first-order valence-corrected chi connectivity index (χ1v) is 9.73. The van der Waals surface area contributed by atoms with Crippen molar-refractivity contribution in [2.45, 2.75) is 19.9 Å². The van der Waals surface area contributed by atoms with Crippen molar-refractivity contribution in [1.82, 2.24) is 4.57 Å². The van der Waals surface area contributed by atoms with Gasteiger partial charge in [-0.05, 0) is 36.6 Å². The van der Waals surface area contributed by atoms with Crippen LogP contribution in [0.25, 0.3) is 10.2 Å². The van der Waals surface area contributed by atoms with Gasteiger partial charge in [-0.2, -0.15) is 4.99 Å². The van der Waals surface area contributed by atoms with Crippen LogP contribution >= 0.6 is 34.3 Å². The van der Waals surface area contributed by atoms with Gasteiger partial charge in [0, 0.05) is 11.6 Å². The number of aromatic nitrogens is 1. The molecule has 130 valence electrons. The van der Waals surface area contributed by atoms with E-state index in [1.165, 1.54) is 22.7 Å². The Morgan fingerprint density at radius 2 is 2.16 bits per heavy atom. The van der Waals surface area contributed by atoms with E-state index in [1.54, 1.807) is 19.1 Å². The van der Waals surface area contributed by atoms with Crippen LogP contribution in [0.1, 0.15) is 23.0 Å². The summed E-state index contributed by atoms with van der Waals surface area (Å²) < 4.78 is 7.76. The molecule has 0 bridgehead atoms. The number of esters is 1. The number of hydrogen-bond donors (Lipinski definition) is 0. The molecule has 0 radical (unpaired) electrons. The van der Waals surface area contributed by atoms with Gasteiger partial charge in [0.25, 0.3) is 5.91 Å². The summed E-state index contributed by atoms with van der Waals surface area (Å²) in [6, 6.07) is 9.03. The molecule has 0 atom stereocenters. The molecule has 0 unspecified atom stereocenters. The van der Waals surface area contributed by atoms with E-state index in [2.05, 4.69) is 4.99 Å². The lowest BCUT2D eigenvalue weighted by Crippen LogP contribution is -2.19. The maximum atomic E-state index is 12.3. The Morgan fingerprint density at radius 3 is 2.88 bits per heavy atom. The first-order chi connectivity index (χ1) is 12.1. The first kappa shape index (κ1) is 17.8. The van der Waals surface area contributed by atoms with Gasteiger partial charge in [0.15, 0.2) is 4.80 Å². The number of carbonyl (C=O) groups is 2. The summed E-state index contributed by atoms with van der Waals surface area (Å²) >= 11 is 8.78. The van der Waals surface area contributed by atoms with Gasteiger partial charge in [-0.3, -0.25) is 9.59 Å². The zero-order chi connectivity index (χ0) is 17.8. The van der Waals surface area contributed by atoms with Crippen molar-refractivity contribution < 1.29 is 14.3 Å². The number of thiazole rings is 1. The highest BCUT2D eigenvalue weighted by atomic mass is 35.5. The fourth-order valence-corrected chi connectivity index (χ4v) is 4.26. The molecule has 25 heavy (non-hydrogen) atoms. The second kappa shape index (κ2) is 7.95. The van der Waals surface area contributed by atoms with Gasteiger partial charge in [-0.25, -0.2) is 0 Å². The van der Waals surface area contributed by atoms with Crippen molar-refractivity contribution >= 4 is 56.4 Å². The minimum absolute atomic E-state index is 0.211. The Bertz CT molecular complexity index is 974. The molecule has 0 aliphatic heterocycles. The van der Waals surface area contributed by atoms with Crippen LogP contribution < -0.4 is 4.80 Å². The predicted molar refractivity (Wildman–Crippen MR) is 100 cm³/mol. The van der Waals surface area contributed by atoms with E-state index in [9.17, 15) is 9.59 Å². The van der Waals surface area contributed by atoms with E-state index in [0.717, 1.165) is 10.2 Å². The van der Waals surface area contributed by atoms with Crippen LogP contribution in [-0.2, 0) is 16.1 Å². The minimum Gasteiger partial charge on any atom is -0.466 e. The standard InChI is InChI=1S/C17H15ClN2O3S2/c1-2-23-15(21)7-8-20-12-6-5-11(18)10-14(12)25-17(20)19-16(22)13-4-3-9-24-13/h3-6,9-10H,2,7-8H2,1H3. The van der Waals surface area contributed by atoms with E-state index in [1.807, 2.05) is 28.1 Å². The Balaban J connectivity index is 2.02. The van der Waals surface area contributed by atoms with E-state index in [-0.39, 0.29) is 18.3 Å². The molecule has 0 saturated carbocycles. The lowest BCUT2D eigenvalue weighted by molar-refractivity contribution is -0.143. The lowest BCUT2D eigenvalue weighted by atomic mass is 10.3. The van der Waals surface area contributed by atoms with Gasteiger partial charge in [-0.1, -0.05) is 29.0 Å². The fraction of sp³-hybridized carbons (Fsp3) is 0.235. The summed E-state index contributed by atoms with van der Waals surface area (Å²) in [5.41, 5.74) is 0.886. The summed E-state index contributed by atoms with van der Waals surface area (Å²) in [7, 11) is 0. The Hall–Kier alpha value is -1.96. The van der Waals surface area contributed by atoms with Gasteiger partial charge in [0.05, 0.1) is 28.1 Å². The summed E-state index contributed by atoms with van der Waals surface area (Å²) in [5, 5.41) is 2.45. The summed E-state index contributed by atoms with van der Waals surface area (Å²) in [5.74, 6) is -0.573. The number of carbonyl (C=O) groups excluding carboxylic acids is 2. The van der Waals surface area contributed by atoms with Crippen molar-refractivity contribution in [1.29, 1.82) is 0 Å². The summed E-state index contributed by atoms with van der Waals surface area (Å²) in [6.45, 7) is 2.50. The number of benzene rings is 1. The highest BCUT2D eigenvalue weighted by Gasteiger charge is 2.12. The molecule has 3 aromatic rings. The fourth-order valence-electron chi connectivity index (χ4n) is 2.33. The van der Waals surface area contributed by atoms with Crippen LogP contribution in [0.15, 0.2) is 40.7 Å². The third kappa shape index (κ3) is 4.18.